The van der Waals surface area contributed by atoms with Crippen LogP contribution < -0.4 is 5.32 Å². The van der Waals surface area contributed by atoms with E-state index in [0.29, 0.717) is 11.5 Å². The van der Waals surface area contributed by atoms with Crippen molar-refractivity contribution in [3.63, 3.8) is 0 Å². The summed E-state index contributed by atoms with van der Waals surface area (Å²) in [5, 5.41) is 11.1. The SMILES string of the molecule is Cc1ccccc1C(=O)Nc1cccc(-n2nncc2C(C)C)c1. The van der Waals surface area contributed by atoms with Crippen LogP contribution in [0.2, 0.25) is 0 Å². The Bertz CT molecular complexity index is 867. The van der Waals surface area contributed by atoms with Crippen LogP contribution in [0.1, 0.15) is 41.4 Å². The van der Waals surface area contributed by atoms with E-state index in [1.807, 2.05) is 55.5 Å². The number of amides is 1. The number of rotatable bonds is 4. The van der Waals surface area contributed by atoms with Gasteiger partial charge in [0.25, 0.3) is 5.91 Å². The van der Waals surface area contributed by atoms with E-state index in [9.17, 15) is 4.79 Å². The van der Waals surface area contributed by atoms with Gasteiger partial charge in [0.2, 0.25) is 0 Å². The molecule has 0 unspecified atom stereocenters. The van der Waals surface area contributed by atoms with E-state index in [0.717, 1.165) is 22.6 Å². The average Bonchev–Trinajstić information content (AvgIpc) is 3.05. The predicted molar refractivity (Wildman–Crippen MR) is 94.6 cm³/mol. The Labute approximate surface area is 141 Å². The van der Waals surface area contributed by atoms with Gasteiger partial charge in [-0.05, 0) is 42.7 Å². The highest BCUT2D eigenvalue weighted by molar-refractivity contribution is 6.05. The Morgan fingerprint density at radius 2 is 1.92 bits per heavy atom. The molecule has 5 heteroatoms. The summed E-state index contributed by atoms with van der Waals surface area (Å²) in [5.74, 6) is 0.193. The third-order valence-electron chi connectivity index (χ3n) is 3.91. The Morgan fingerprint density at radius 3 is 2.67 bits per heavy atom. The highest BCUT2D eigenvalue weighted by atomic mass is 16.1. The molecule has 0 saturated carbocycles. The summed E-state index contributed by atoms with van der Waals surface area (Å²) in [6.07, 6.45) is 1.77. The molecule has 0 atom stereocenters. The van der Waals surface area contributed by atoms with Crippen LogP contribution in [0.3, 0.4) is 0 Å². The van der Waals surface area contributed by atoms with Crippen molar-refractivity contribution in [3.05, 3.63) is 71.5 Å². The summed E-state index contributed by atoms with van der Waals surface area (Å²) < 4.78 is 1.80. The van der Waals surface area contributed by atoms with Gasteiger partial charge in [0.15, 0.2) is 0 Å². The summed E-state index contributed by atoms with van der Waals surface area (Å²) in [6, 6.07) is 15.1. The minimum absolute atomic E-state index is 0.118. The van der Waals surface area contributed by atoms with Crippen molar-refractivity contribution < 1.29 is 4.79 Å². The van der Waals surface area contributed by atoms with E-state index in [2.05, 4.69) is 29.5 Å². The second-order valence-corrected chi connectivity index (χ2v) is 6.04. The van der Waals surface area contributed by atoms with Crippen molar-refractivity contribution in [2.45, 2.75) is 26.7 Å². The monoisotopic (exact) mass is 320 g/mol. The molecule has 0 bridgehead atoms. The maximum Gasteiger partial charge on any atom is 0.255 e. The first kappa shape index (κ1) is 15.9. The fourth-order valence-corrected chi connectivity index (χ4v) is 2.58. The molecule has 1 amide bonds. The van der Waals surface area contributed by atoms with E-state index in [1.54, 1.807) is 10.9 Å². The lowest BCUT2D eigenvalue weighted by atomic mass is 10.1. The fourth-order valence-electron chi connectivity index (χ4n) is 2.58. The summed E-state index contributed by atoms with van der Waals surface area (Å²) in [6.45, 7) is 6.12. The van der Waals surface area contributed by atoms with Gasteiger partial charge in [0.1, 0.15) is 0 Å². The first-order valence-electron chi connectivity index (χ1n) is 7.94. The van der Waals surface area contributed by atoms with Gasteiger partial charge in [0, 0.05) is 11.3 Å². The van der Waals surface area contributed by atoms with Gasteiger partial charge in [-0.25, -0.2) is 4.68 Å². The van der Waals surface area contributed by atoms with Crippen LogP contribution in [0.25, 0.3) is 5.69 Å². The number of nitrogens with one attached hydrogen (secondary N) is 1. The predicted octanol–water partition coefficient (Wildman–Crippen LogP) is 3.95. The number of aryl methyl sites for hydroxylation is 1. The average molecular weight is 320 g/mol. The van der Waals surface area contributed by atoms with Crippen molar-refractivity contribution in [2.75, 3.05) is 5.32 Å². The van der Waals surface area contributed by atoms with Crippen LogP contribution >= 0.6 is 0 Å². The van der Waals surface area contributed by atoms with Gasteiger partial charge in [-0.2, -0.15) is 0 Å². The van der Waals surface area contributed by atoms with Crippen molar-refractivity contribution in [1.29, 1.82) is 0 Å². The molecule has 0 aliphatic rings. The van der Waals surface area contributed by atoms with Crippen LogP contribution in [-0.4, -0.2) is 20.9 Å². The van der Waals surface area contributed by atoms with Crippen LogP contribution in [0.15, 0.2) is 54.7 Å². The fraction of sp³-hybridized carbons (Fsp3) is 0.211. The highest BCUT2D eigenvalue weighted by Crippen LogP contribution is 2.20. The van der Waals surface area contributed by atoms with Gasteiger partial charge < -0.3 is 5.32 Å². The molecule has 1 aromatic heterocycles. The number of hydrogen-bond acceptors (Lipinski definition) is 3. The molecule has 0 aliphatic heterocycles. The molecule has 3 aromatic rings. The second kappa shape index (κ2) is 6.66. The first-order chi connectivity index (χ1) is 11.6. The summed E-state index contributed by atoms with van der Waals surface area (Å²) in [4.78, 5) is 12.5. The van der Waals surface area contributed by atoms with Crippen molar-refractivity contribution in [3.8, 4) is 5.69 Å². The third kappa shape index (κ3) is 3.20. The summed E-state index contributed by atoms with van der Waals surface area (Å²) >= 11 is 0. The smallest absolute Gasteiger partial charge is 0.255 e. The molecule has 5 nitrogen and oxygen atoms in total. The molecular formula is C19H20N4O. The maximum atomic E-state index is 12.5. The molecule has 24 heavy (non-hydrogen) atoms. The zero-order chi connectivity index (χ0) is 17.1. The Balaban J connectivity index is 1.87. The number of aromatic nitrogens is 3. The third-order valence-corrected chi connectivity index (χ3v) is 3.91. The molecule has 2 aromatic carbocycles. The van der Waals surface area contributed by atoms with Gasteiger partial charge in [-0.1, -0.05) is 43.3 Å². The van der Waals surface area contributed by atoms with E-state index in [-0.39, 0.29) is 5.91 Å². The minimum atomic E-state index is -0.118. The molecule has 0 spiro atoms. The lowest BCUT2D eigenvalue weighted by molar-refractivity contribution is 0.102. The van der Waals surface area contributed by atoms with Crippen molar-refractivity contribution in [1.82, 2.24) is 15.0 Å². The second-order valence-electron chi connectivity index (χ2n) is 6.04. The van der Waals surface area contributed by atoms with Gasteiger partial charge in [0.05, 0.1) is 17.6 Å². The van der Waals surface area contributed by atoms with Gasteiger partial charge >= 0.3 is 0 Å². The molecule has 0 aliphatic carbocycles. The highest BCUT2D eigenvalue weighted by Gasteiger charge is 2.12. The van der Waals surface area contributed by atoms with Crippen molar-refractivity contribution >= 4 is 11.6 Å². The van der Waals surface area contributed by atoms with Gasteiger partial charge in [-0.3, -0.25) is 4.79 Å². The van der Waals surface area contributed by atoms with Crippen LogP contribution in [-0.2, 0) is 0 Å². The minimum Gasteiger partial charge on any atom is -0.322 e. The topological polar surface area (TPSA) is 59.8 Å². The van der Waals surface area contributed by atoms with Crippen LogP contribution in [0.5, 0.6) is 0 Å². The quantitative estimate of drug-likeness (QED) is 0.792. The van der Waals surface area contributed by atoms with E-state index >= 15 is 0 Å². The van der Waals surface area contributed by atoms with E-state index in [1.165, 1.54) is 0 Å². The Hall–Kier alpha value is -2.95. The first-order valence-corrected chi connectivity index (χ1v) is 7.94. The molecule has 1 heterocycles. The van der Waals surface area contributed by atoms with E-state index < -0.39 is 0 Å². The number of nitrogens with zero attached hydrogens (tertiary/aromatic N) is 3. The Kier molecular flexibility index (Phi) is 4.42. The number of anilines is 1. The van der Waals surface area contributed by atoms with Crippen molar-refractivity contribution in [2.24, 2.45) is 0 Å². The summed E-state index contributed by atoms with van der Waals surface area (Å²) in [5.41, 5.74) is 4.25. The molecule has 0 fully saturated rings. The lowest BCUT2D eigenvalue weighted by Crippen LogP contribution is -2.13. The number of carbonyl (C=O) groups excluding carboxylic acids is 1. The number of hydrogen-bond donors (Lipinski definition) is 1. The molecule has 1 N–H and O–H groups in total. The molecule has 0 radical (unpaired) electrons. The number of carbonyl (C=O) groups is 1. The molecule has 0 saturated heterocycles. The zero-order valence-electron chi connectivity index (χ0n) is 14.0. The van der Waals surface area contributed by atoms with E-state index in [4.69, 9.17) is 0 Å². The standard InChI is InChI=1S/C19H20N4O/c1-13(2)18-12-20-22-23(18)16-9-6-8-15(11-16)21-19(24)17-10-5-4-7-14(17)3/h4-13H,1-3H3,(H,21,24). The normalized spacial score (nSPS) is 10.8. The summed E-state index contributed by atoms with van der Waals surface area (Å²) in [7, 11) is 0. The lowest BCUT2D eigenvalue weighted by Gasteiger charge is -2.11. The Morgan fingerprint density at radius 1 is 1.12 bits per heavy atom. The van der Waals surface area contributed by atoms with Gasteiger partial charge in [-0.15, -0.1) is 5.10 Å². The molecule has 3 rings (SSSR count). The zero-order valence-corrected chi connectivity index (χ0v) is 14.0. The molecular weight excluding hydrogens is 300 g/mol. The molecule has 122 valence electrons. The maximum absolute atomic E-state index is 12.5. The largest absolute Gasteiger partial charge is 0.322 e. The van der Waals surface area contributed by atoms with Crippen LogP contribution in [0.4, 0.5) is 5.69 Å². The number of benzene rings is 2. The van der Waals surface area contributed by atoms with Crippen LogP contribution in [0, 0.1) is 6.92 Å².